The normalized spacial score (nSPS) is 13.5. The molecule has 0 radical (unpaired) electrons. The van der Waals surface area contributed by atoms with Crippen molar-refractivity contribution in [2.24, 2.45) is 0 Å². The fourth-order valence-corrected chi connectivity index (χ4v) is 2.90. The lowest BCUT2D eigenvalue weighted by molar-refractivity contribution is 0.163. The molecule has 1 atom stereocenters. The zero-order chi connectivity index (χ0) is 11.4. The molecule has 86 valence electrons. The highest BCUT2D eigenvalue weighted by Gasteiger charge is 2.16. The smallest absolute Gasteiger partial charge is 0.0991 e. The lowest BCUT2D eigenvalue weighted by Gasteiger charge is -2.19. The van der Waals surface area contributed by atoms with Crippen LogP contribution >= 0.6 is 34.5 Å². The van der Waals surface area contributed by atoms with Crippen molar-refractivity contribution in [1.29, 1.82) is 0 Å². The molecule has 0 aliphatic carbocycles. The highest BCUT2D eigenvalue weighted by molar-refractivity contribution is 7.20. The largest absolute Gasteiger partial charge is 0.395 e. The summed E-state index contributed by atoms with van der Waals surface area (Å²) in [4.78, 5) is 0. The van der Waals surface area contributed by atoms with E-state index in [0.29, 0.717) is 8.67 Å². The lowest BCUT2D eigenvalue weighted by atomic mass is 10.1. The Kier molecular flexibility index (Phi) is 5.32. The number of hydrogen-bond donors (Lipinski definition) is 3. The van der Waals surface area contributed by atoms with Crippen molar-refractivity contribution in [2.45, 2.75) is 19.0 Å². The minimum atomic E-state index is -0.338. The first kappa shape index (κ1) is 13.2. The van der Waals surface area contributed by atoms with Gasteiger partial charge in [-0.2, -0.15) is 0 Å². The van der Waals surface area contributed by atoms with Crippen molar-refractivity contribution in [2.75, 3.05) is 13.2 Å². The summed E-state index contributed by atoms with van der Waals surface area (Å²) in [7, 11) is 0. The van der Waals surface area contributed by atoms with Crippen LogP contribution in [0, 0.1) is 0 Å². The zero-order valence-electron chi connectivity index (χ0n) is 8.20. The molecule has 0 saturated carbocycles. The quantitative estimate of drug-likeness (QED) is 0.767. The number of halogens is 2. The van der Waals surface area contributed by atoms with E-state index < -0.39 is 0 Å². The van der Waals surface area contributed by atoms with Crippen LogP contribution in [0.2, 0.25) is 8.67 Å². The number of hydrogen-bond acceptors (Lipinski definition) is 4. The van der Waals surface area contributed by atoms with Gasteiger partial charge in [0.2, 0.25) is 0 Å². The lowest BCUT2D eigenvalue weighted by Crippen LogP contribution is -2.37. The van der Waals surface area contributed by atoms with E-state index >= 15 is 0 Å². The Balaban J connectivity index is 2.67. The molecule has 0 aliphatic heterocycles. The Morgan fingerprint density at radius 1 is 1.40 bits per heavy atom. The third-order valence-corrected chi connectivity index (χ3v) is 3.59. The van der Waals surface area contributed by atoms with Crippen LogP contribution in [0.5, 0.6) is 0 Å². The highest BCUT2D eigenvalue weighted by atomic mass is 35.5. The monoisotopic (exact) mass is 269 g/mol. The summed E-state index contributed by atoms with van der Waals surface area (Å²) in [5.74, 6) is 0. The molecule has 1 aromatic heterocycles. The first-order chi connectivity index (χ1) is 7.08. The van der Waals surface area contributed by atoms with Crippen LogP contribution in [0.1, 0.15) is 18.5 Å². The molecule has 0 aliphatic rings. The van der Waals surface area contributed by atoms with Crippen LogP contribution in [-0.4, -0.2) is 29.5 Å². The molecule has 6 heteroatoms. The molecule has 1 unspecified atom stereocenters. The van der Waals surface area contributed by atoms with Crippen molar-refractivity contribution in [3.8, 4) is 0 Å². The minimum Gasteiger partial charge on any atom is -0.395 e. The molecule has 0 aromatic carbocycles. The fraction of sp³-hybridized carbons (Fsp3) is 0.556. The van der Waals surface area contributed by atoms with E-state index in [1.807, 2.05) is 6.92 Å². The molecule has 0 fully saturated rings. The molecule has 0 spiro atoms. The first-order valence-electron chi connectivity index (χ1n) is 4.51. The summed E-state index contributed by atoms with van der Waals surface area (Å²) < 4.78 is 1.27. The SMILES string of the molecule is CC(NC(CO)CO)c1cc(Cl)sc1Cl. The van der Waals surface area contributed by atoms with Gasteiger partial charge < -0.3 is 15.5 Å². The third kappa shape index (κ3) is 3.59. The van der Waals surface area contributed by atoms with Gasteiger partial charge >= 0.3 is 0 Å². The molecule has 1 heterocycles. The van der Waals surface area contributed by atoms with Crippen molar-refractivity contribution in [1.82, 2.24) is 5.32 Å². The topological polar surface area (TPSA) is 52.5 Å². The Labute approximate surface area is 103 Å². The van der Waals surface area contributed by atoms with E-state index in [4.69, 9.17) is 33.4 Å². The maximum Gasteiger partial charge on any atom is 0.0991 e. The minimum absolute atomic E-state index is 0.0504. The molecule has 3 N–H and O–H groups in total. The van der Waals surface area contributed by atoms with Gasteiger partial charge in [0, 0.05) is 6.04 Å². The van der Waals surface area contributed by atoms with Crippen LogP contribution in [-0.2, 0) is 0 Å². The molecule has 15 heavy (non-hydrogen) atoms. The van der Waals surface area contributed by atoms with Crippen molar-refractivity contribution in [3.05, 3.63) is 20.3 Å². The average molecular weight is 270 g/mol. The van der Waals surface area contributed by atoms with Gasteiger partial charge in [-0.3, -0.25) is 0 Å². The van der Waals surface area contributed by atoms with Crippen molar-refractivity contribution in [3.63, 3.8) is 0 Å². The first-order valence-corrected chi connectivity index (χ1v) is 6.08. The van der Waals surface area contributed by atoms with Crippen LogP contribution in [0.25, 0.3) is 0 Å². The van der Waals surface area contributed by atoms with Gasteiger partial charge in [0.15, 0.2) is 0 Å². The number of aliphatic hydroxyl groups excluding tert-OH is 2. The Morgan fingerprint density at radius 3 is 2.40 bits per heavy atom. The van der Waals surface area contributed by atoms with Crippen LogP contribution in [0.4, 0.5) is 0 Å². The van der Waals surface area contributed by atoms with Gasteiger partial charge in [0.1, 0.15) is 0 Å². The van der Waals surface area contributed by atoms with Crippen LogP contribution in [0.15, 0.2) is 6.07 Å². The summed E-state index contributed by atoms with van der Waals surface area (Å²) in [6.07, 6.45) is 0. The van der Waals surface area contributed by atoms with Crippen LogP contribution < -0.4 is 5.32 Å². The maximum atomic E-state index is 8.92. The Bertz CT molecular complexity index is 315. The second-order valence-electron chi connectivity index (χ2n) is 3.23. The number of nitrogens with one attached hydrogen (secondary N) is 1. The van der Waals surface area contributed by atoms with E-state index in [1.54, 1.807) is 6.07 Å². The fourth-order valence-electron chi connectivity index (χ4n) is 1.25. The van der Waals surface area contributed by atoms with Gasteiger partial charge in [-0.15, -0.1) is 11.3 Å². The maximum absolute atomic E-state index is 8.92. The molecule has 1 rings (SSSR count). The van der Waals surface area contributed by atoms with Gasteiger partial charge in [-0.1, -0.05) is 23.2 Å². The summed E-state index contributed by atoms with van der Waals surface area (Å²) in [6, 6.07) is 1.40. The van der Waals surface area contributed by atoms with Gasteiger partial charge in [0.25, 0.3) is 0 Å². The summed E-state index contributed by atoms with van der Waals surface area (Å²) >= 11 is 13.1. The van der Waals surface area contributed by atoms with E-state index in [-0.39, 0.29) is 25.3 Å². The molecule has 0 bridgehead atoms. The Hall–Kier alpha value is 0.160. The predicted molar refractivity (Wildman–Crippen MR) is 63.8 cm³/mol. The van der Waals surface area contributed by atoms with Gasteiger partial charge in [0.05, 0.1) is 27.9 Å². The second kappa shape index (κ2) is 6.03. The van der Waals surface area contributed by atoms with E-state index in [1.165, 1.54) is 11.3 Å². The summed E-state index contributed by atoms with van der Waals surface area (Å²) in [6.45, 7) is 1.68. The van der Waals surface area contributed by atoms with E-state index in [0.717, 1.165) is 5.56 Å². The molecule has 0 saturated heterocycles. The summed E-state index contributed by atoms with van der Waals surface area (Å²) in [5, 5.41) is 20.9. The molecule has 3 nitrogen and oxygen atoms in total. The van der Waals surface area contributed by atoms with E-state index in [2.05, 4.69) is 5.32 Å². The third-order valence-electron chi connectivity index (χ3n) is 2.08. The summed E-state index contributed by atoms with van der Waals surface area (Å²) in [5.41, 5.74) is 0.888. The van der Waals surface area contributed by atoms with Gasteiger partial charge in [-0.25, -0.2) is 0 Å². The molecular formula is C9H13Cl2NO2S. The number of thiophene rings is 1. The van der Waals surface area contributed by atoms with Crippen molar-refractivity contribution < 1.29 is 10.2 Å². The van der Waals surface area contributed by atoms with E-state index in [9.17, 15) is 0 Å². The zero-order valence-corrected chi connectivity index (χ0v) is 10.5. The van der Waals surface area contributed by atoms with Crippen LogP contribution in [0.3, 0.4) is 0 Å². The Morgan fingerprint density at radius 2 is 2.00 bits per heavy atom. The molecule has 1 aromatic rings. The molecule has 0 amide bonds. The standard InChI is InChI=1S/C9H13Cl2NO2S/c1-5(12-6(3-13)4-14)7-2-8(10)15-9(7)11/h2,5-6,12-14H,3-4H2,1H3. The van der Waals surface area contributed by atoms with Gasteiger partial charge in [-0.05, 0) is 18.6 Å². The number of aliphatic hydroxyl groups is 2. The predicted octanol–water partition coefficient (Wildman–Crippen LogP) is 2.06. The highest BCUT2D eigenvalue weighted by Crippen LogP contribution is 2.34. The number of rotatable bonds is 5. The average Bonchev–Trinajstić information content (AvgIpc) is 2.54. The van der Waals surface area contributed by atoms with Crippen molar-refractivity contribution >= 4 is 34.5 Å². The second-order valence-corrected chi connectivity index (χ2v) is 5.52. The molecular weight excluding hydrogens is 257 g/mol.